The summed E-state index contributed by atoms with van der Waals surface area (Å²) in [6, 6.07) is 0.208. The normalized spacial score (nSPS) is 28.7. The zero-order valence-electron chi connectivity index (χ0n) is 11.9. The van der Waals surface area contributed by atoms with Crippen LogP contribution < -0.4 is 10.0 Å². The van der Waals surface area contributed by atoms with E-state index >= 15 is 0 Å². The maximum atomic E-state index is 12.2. The number of hydrogen-bond donors (Lipinski definition) is 2. The molecule has 0 saturated carbocycles. The van der Waals surface area contributed by atoms with Gasteiger partial charge < -0.3 is 5.32 Å². The van der Waals surface area contributed by atoms with E-state index in [2.05, 4.69) is 10.0 Å². The highest BCUT2D eigenvalue weighted by atomic mass is 32.2. The molecule has 2 N–H and O–H groups in total. The first kappa shape index (κ1) is 16.9. The Morgan fingerprint density at radius 3 is 2.26 bits per heavy atom. The molecular formula is C11H24N2O4S2. The second-order valence-corrected chi connectivity index (χ2v) is 10.2. The van der Waals surface area contributed by atoms with E-state index in [1.807, 2.05) is 13.8 Å². The molecule has 2 atom stereocenters. The van der Waals surface area contributed by atoms with E-state index in [-0.39, 0.29) is 17.5 Å². The SMILES string of the molecule is CC(C)NCC(C)S(=O)(=O)NC1(C)CCS(=O)(=O)C1. The lowest BCUT2D eigenvalue weighted by Gasteiger charge is -2.26. The average Bonchev–Trinajstić information content (AvgIpc) is 2.47. The van der Waals surface area contributed by atoms with Crippen LogP contribution in [0.1, 0.15) is 34.1 Å². The molecule has 0 bridgehead atoms. The van der Waals surface area contributed by atoms with Gasteiger partial charge in [0, 0.05) is 18.1 Å². The minimum atomic E-state index is -3.52. The molecule has 1 saturated heterocycles. The van der Waals surface area contributed by atoms with Crippen molar-refractivity contribution in [3.63, 3.8) is 0 Å². The monoisotopic (exact) mass is 312 g/mol. The van der Waals surface area contributed by atoms with Crippen LogP contribution in [0.25, 0.3) is 0 Å². The minimum Gasteiger partial charge on any atom is -0.313 e. The molecule has 2 unspecified atom stereocenters. The van der Waals surface area contributed by atoms with Crippen molar-refractivity contribution in [2.75, 3.05) is 18.1 Å². The molecule has 1 fully saturated rings. The van der Waals surface area contributed by atoms with Crippen LogP contribution in [0, 0.1) is 0 Å². The Balaban J connectivity index is 2.69. The predicted molar refractivity (Wildman–Crippen MR) is 76.3 cm³/mol. The molecule has 0 radical (unpaired) electrons. The molecule has 1 aliphatic rings. The van der Waals surface area contributed by atoms with Crippen molar-refractivity contribution >= 4 is 19.9 Å². The first-order chi connectivity index (χ1) is 8.46. The van der Waals surface area contributed by atoms with Crippen molar-refractivity contribution < 1.29 is 16.8 Å². The molecule has 0 amide bonds. The Morgan fingerprint density at radius 2 is 1.84 bits per heavy atom. The van der Waals surface area contributed by atoms with Gasteiger partial charge in [-0.05, 0) is 20.3 Å². The Labute approximate surface area is 116 Å². The van der Waals surface area contributed by atoms with Crippen molar-refractivity contribution in [3.05, 3.63) is 0 Å². The third-order valence-electron chi connectivity index (χ3n) is 3.24. The Morgan fingerprint density at radius 1 is 1.26 bits per heavy atom. The Hall–Kier alpha value is -0.180. The van der Waals surface area contributed by atoms with Crippen molar-refractivity contribution in [2.45, 2.75) is 50.9 Å². The maximum absolute atomic E-state index is 12.2. The van der Waals surface area contributed by atoms with Gasteiger partial charge >= 0.3 is 0 Å². The van der Waals surface area contributed by atoms with Gasteiger partial charge in [0.25, 0.3) is 0 Å². The molecule has 0 spiro atoms. The average molecular weight is 312 g/mol. The highest BCUT2D eigenvalue weighted by Gasteiger charge is 2.42. The van der Waals surface area contributed by atoms with Crippen LogP contribution in [-0.4, -0.2) is 51.7 Å². The summed E-state index contributed by atoms with van der Waals surface area (Å²) >= 11 is 0. The third kappa shape index (κ3) is 5.02. The van der Waals surface area contributed by atoms with E-state index in [1.165, 1.54) is 0 Å². The van der Waals surface area contributed by atoms with Gasteiger partial charge in [-0.2, -0.15) is 0 Å². The summed E-state index contributed by atoms with van der Waals surface area (Å²) in [4.78, 5) is 0. The van der Waals surface area contributed by atoms with Crippen molar-refractivity contribution in [1.29, 1.82) is 0 Å². The standard InChI is InChI=1S/C11H24N2O4S2/c1-9(2)12-7-10(3)19(16,17)13-11(4)5-6-18(14,15)8-11/h9-10,12-13H,5-8H2,1-4H3. The number of nitrogens with one attached hydrogen (secondary N) is 2. The summed E-state index contributed by atoms with van der Waals surface area (Å²) in [6.45, 7) is 7.49. The molecule has 0 aromatic carbocycles. The zero-order valence-corrected chi connectivity index (χ0v) is 13.6. The molecule has 0 aromatic rings. The van der Waals surface area contributed by atoms with E-state index in [9.17, 15) is 16.8 Å². The summed E-state index contributed by atoms with van der Waals surface area (Å²) in [5, 5.41) is 2.47. The highest BCUT2D eigenvalue weighted by Crippen LogP contribution is 2.24. The molecule has 1 rings (SSSR count). The fourth-order valence-corrected chi connectivity index (χ4v) is 5.61. The smallest absolute Gasteiger partial charge is 0.215 e. The fraction of sp³-hybridized carbons (Fsp3) is 1.00. The van der Waals surface area contributed by atoms with Crippen molar-refractivity contribution in [3.8, 4) is 0 Å². The third-order valence-corrected chi connectivity index (χ3v) is 7.14. The quantitative estimate of drug-likeness (QED) is 0.713. The van der Waals surface area contributed by atoms with Crippen LogP contribution in [0.5, 0.6) is 0 Å². The molecule has 114 valence electrons. The van der Waals surface area contributed by atoms with Crippen LogP contribution in [0.2, 0.25) is 0 Å². The van der Waals surface area contributed by atoms with E-state index < -0.39 is 30.6 Å². The van der Waals surface area contributed by atoms with Crippen LogP contribution in [0.15, 0.2) is 0 Å². The van der Waals surface area contributed by atoms with Gasteiger partial charge in [0.2, 0.25) is 10.0 Å². The molecule has 1 aliphatic heterocycles. The second kappa shape index (κ2) is 5.67. The summed E-state index contributed by atoms with van der Waals surface area (Å²) in [7, 11) is -6.65. The van der Waals surface area contributed by atoms with Gasteiger partial charge in [-0.15, -0.1) is 0 Å². The Kier molecular flexibility index (Phi) is 5.03. The number of hydrogen-bond acceptors (Lipinski definition) is 5. The summed E-state index contributed by atoms with van der Waals surface area (Å²) in [6.07, 6.45) is 0.332. The summed E-state index contributed by atoms with van der Waals surface area (Å²) in [5.41, 5.74) is -0.871. The molecule has 8 heteroatoms. The fourth-order valence-electron chi connectivity index (χ4n) is 2.05. The van der Waals surface area contributed by atoms with E-state index in [0.717, 1.165) is 0 Å². The maximum Gasteiger partial charge on any atom is 0.215 e. The predicted octanol–water partition coefficient (Wildman–Crippen LogP) is -0.130. The van der Waals surface area contributed by atoms with E-state index in [1.54, 1.807) is 13.8 Å². The second-order valence-electron chi connectivity index (χ2n) is 5.92. The molecule has 19 heavy (non-hydrogen) atoms. The number of rotatable bonds is 6. The van der Waals surface area contributed by atoms with Gasteiger partial charge in [-0.25, -0.2) is 21.6 Å². The number of sulfonamides is 1. The van der Waals surface area contributed by atoms with Gasteiger partial charge in [0.05, 0.1) is 16.8 Å². The molecule has 6 nitrogen and oxygen atoms in total. The summed E-state index contributed by atoms with van der Waals surface area (Å²) in [5.74, 6) is -0.0752. The van der Waals surface area contributed by atoms with E-state index in [0.29, 0.717) is 13.0 Å². The van der Waals surface area contributed by atoms with Crippen LogP contribution in [0.3, 0.4) is 0 Å². The molecule has 0 aliphatic carbocycles. The molecular weight excluding hydrogens is 288 g/mol. The molecule has 0 aromatic heterocycles. The minimum absolute atomic E-state index is 0.0463. The van der Waals surface area contributed by atoms with E-state index in [4.69, 9.17) is 0 Å². The molecule has 1 heterocycles. The first-order valence-corrected chi connectivity index (χ1v) is 9.79. The van der Waals surface area contributed by atoms with Crippen LogP contribution >= 0.6 is 0 Å². The summed E-state index contributed by atoms with van der Waals surface area (Å²) < 4.78 is 49.8. The largest absolute Gasteiger partial charge is 0.313 e. The van der Waals surface area contributed by atoms with Crippen molar-refractivity contribution in [1.82, 2.24) is 10.0 Å². The van der Waals surface area contributed by atoms with Crippen LogP contribution in [-0.2, 0) is 19.9 Å². The number of sulfone groups is 1. The lowest BCUT2D eigenvalue weighted by Crippen LogP contribution is -2.51. The zero-order chi connectivity index (χ0) is 14.9. The topological polar surface area (TPSA) is 92.3 Å². The first-order valence-electron chi connectivity index (χ1n) is 6.42. The van der Waals surface area contributed by atoms with Gasteiger partial charge in [-0.3, -0.25) is 0 Å². The lowest BCUT2D eigenvalue weighted by molar-refractivity contribution is 0.454. The lowest BCUT2D eigenvalue weighted by atomic mass is 10.0. The van der Waals surface area contributed by atoms with Crippen molar-refractivity contribution in [2.24, 2.45) is 0 Å². The van der Waals surface area contributed by atoms with Gasteiger partial charge in [0.1, 0.15) is 0 Å². The van der Waals surface area contributed by atoms with Gasteiger partial charge in [0.15, 0.2) is 9.84 Å². The van der Waals surface area contributed by atoms with Crippen LogP contribution in [0.4, 0.5) is 0 Å². The van der Waals surface area contributed by atoms with Gasteiger partial charge in [-0.1, -0.05) is 13.8 Å². The Bertz CT molecular complexity index is 513. The highest BCUT2D eigenvalue weighted by molar-refractivity contribution is 7.92.